The summed E-state index contributed by atoms with van der Waals surface area (Å²) in [5.41, 5.74) is 12.5. The SMILES string of the molecule is N#Cc1ccc2c(c1)c1cc(C#N)ccc1n2-c1ccc(-c2nc(-c3ccccc3)nc(-c3ccccc3)n2)cc1-c1c(-c2ccccn2)cccc1-n1c2ccc(C#N)cc2c2cc(C#N)ccc21. The van der Waals surface area contributed by atoms with Crippen molar-refractivity contribution >= 4 is 43.6 Å². The minimum Gasteiger partial charge on any atom is -0.309 e. The number of fused-ring (bicyclic) bond motifs is 6. The number of hydrogen-bond donors (Lipinski definition) is 0. The Hall–Kier alpha value is -10.5. The number of pyridine rings is 1. The lowest BCUT2D eigenvalue weighted by Gasteiger charge is -2.22. The predicted octanol–water partition coefficient (Wildman–Crippen LogP) is 13.3. The molecule has 0 fully saturated rings. The Morgan fingerprint density at radius 3 is 1.23 bits per heavy atom. The molecule has 8 aromatic carbocycles. The van der Waals surface area contributed by atoms with E-state index in [1.54, 1.807) is 6.20 Å². The van der Waals surface area contributed by atoms with Gasteiger partial charge >= 0.3 is 0 Å². The summed E-state index contributed by atoms with van der Waals surface area (Å²) in [5, 5.41) is 43.7. The molecule has 0 N–H and O–H groups in total. The van der Waals surface area contributed by atoms with E-state index in [0.717, 1.165) is 94.1 Å². The fraction of sp³-hybridized carbons (Fsp3) is 0. The summed E-state index contributed by atoms with van der Waals surface area (Å²) < 4.78 is 4.38. The highest BCUT2D eigenvalue weighted by molar-refractivity contribution is 6.13. The quantitative estimate of drug-likeness (QED) is 0.153. The van der Waals surface area contributed by atoms with Gasteiger partial charge in [-0.2, -0.15) is 21.0 Å². The van der Waals surface area contributed by atoms with Crippen molar-refractivity contribution in [2.45, 2.75) is 0 Å². The highest BCUT2D eigenvalue weighted by Gasteiger charge is 2.26. The molecule has 4 heterocycles. The summed E-state index contributed by atoms with van der Waals surface area (Å²) in [5.74, 6) is 1.50. The molecule has 4 aromatic heterocycles. The summed E-state index contributed by atoms with van der Waals surface area (Å²) >= 11 is 0. The Bertz CT molecular complexity index is 4080. The van der Waals surface area contributed by atoms with Gasteiger partial charge in [-0.1, -0.05) is 78.9 Å². The van der Waals surface area contributed by atoms with E-state index < -0.39 is 0 Å². The molecule has 10 nitrogen and oxygen atoms in total. The second kappa shape index (κ2) is 16.7. The molecule has 10 heteroatoms. The largest absolute Gasteiger partial charge is 0.309 e. The van der Waals surface area contributed by atoms with Crippen molar-refractivity contribution in [3.8, 4) is 92.2 Å². The van der Waals surface area contributed by atoms with Gasteiger partial charge in [-0.05, 0) is 109 Å². The summed E-state index contributed by atoms with van der Waals surface area (Å²) in [6, 6.07) is 69.8. The van der Waals surface area contributed by atoms with Crippen LogP contribution >= 0.6 is 0 Å². The first-order valence-corrected chi connectivity index (χ1v) is 22.4. The number of rotatable bonds is 7. The Balaban J connectivity index is 1.24. The van der Waals surface area contributed by atoms with Gasteiger partial charge in [-0.3, -0.25) is 4.98 Å². The van der Waals surface area contributed by atoms with Crippen molar-refractivity contribution in [2.24, 2.45) is 0 Å². The molecule has 0 radical (unpaired) electrons. The molecule has 0 spiro atoms. The molecule has 0 amide bonds. The van der Waals surface area contributed by atoms with Crippen LogP contribution in [0.15, 0.2) is 194 Å². The van der Waals surface area contributed by atoms with Gasteiger partial charge in [0.25, 0.3) is 0 Å². The van der Waals surface area contributed by atoms with Crippen molar-refractivity contribution in [2.75, 3.05) is 0 Å². The number of nitriles is 4. The van der Waals surface area contributed by atoms with Crippen LogP contribution in [-0.2, 0) is 0 Å². The Morgan fingerprint density at radius 1 is 0.343 bits per heavy atom. The fourth-order valence-electron chi connectivity index (χ4n) is 9.60. The van der Waals surface area contributed by atoms with Gasteiger partial charge in [0.2, 0.25) is 0 Å². The monoisotopic (exact) mass is 892 g/mol. The van der Waals surface area contributed by atoms with E-state index in [9.17, 15) is 21.0 Å². The molecule has 0 unspecified atom stereocenters. The molecule has 0 saturated carbocycles. The van der Waals surface area contributed by atoms with Gasteiger partial charge in [0.05, 0.1) is 85.7 Å². The Kier molecular flexibility index (Phi) is 9.78. The van der Waals surface area contributed by atoms with Crippen LogP contribution in [0.5, 0.6) is 0 Å². The van der Waals surface area contributed by atoms with Crippen molar-refractivity contribution in [3.05, 3.63) is 217 Å². The van der Waals surface area contributed by atoms with E-state index in [1.807, 2.05) is 164 Å². The number of aromatic nitrogens is 6. The van der Waals surface area contributed by atoms with Gasteiger partial charge < -0.3 is 9.13 Å². The predicted molar refractivity (Wildman–Crippen MR) is 272 cm³/mol. The maximum Gasteiger partial charge on any atom is 0.164 e. The molecular formula is C60H32N10. The lowest BCUT2D eigenvalue weighted by atomic mass is 9.92. The van der Waals surface area contributed by atoms with Gasteiger partial charge in [-0.15, -0.1) is 0 Å². The molecule has 322 valence electrons. The molecule has 0 aliphatic heterocycles. The molecule has 12 rings (SSSR count). The third kappa shape index (κ3) is 6.78. The second-order valence-electron chi connectivity index (χ2n) is 16.7. The molecule has 0 saturated heterocycles. The van der Waals surface area contributed by atoms with Crippen LogP contribution in [0, 0.1) is 45.3 Å². The average molecular weight is 893 g/mol. The zero-order chi connectivity index (χ0) is 47.3. The summed E-state index contributed by atoms with van der Waals surface area (Å²) in [4.78, 5) is 20.3. The van der Waals surface area contributed by atoms with Gasteiger partial charge in [0.1, 0.15) is 0 Å². The van der Waals surface area contributed by atoms with Crippen LogP contribution in [0.3, 0.4) is 0 Å². The highest BCUT2D eigenvalue weighted by atomic mass is 15.0. The molecule has 0 atom stereocenters. The first-order valence-electron chi connectivity index (χ1n) is 22.4. The lowest BCUT2D eigenvalue weighted by molar-refractivity contribution is 1.07. The number of nitrogens with zero attached hydrogens (tertiary/aromatic N) is 10. The Labute approximate surface area is 400 Å². The van der Waals surface area contributed by atoms with Crippen LogP contribution in [0.4, 0.5) is 0 Å². The second-order valence-corrected chi connectivity index (χ2v) is 16.7. The van der Waals surface area contributed by atoms with Crippen molar-refractivity contribution in [3.63, 3.8) is 0 Å². The third-order valence-electron chi connectivity index (χ3n) is 12.7. The van der Waals surface area contributed by atoms with Crippen LogP contribution < -0.4 is 0 Å². The summed E-state index contributed by atoms with van der Waals surface area (Å²) in [6.45, 7) is 0. The highest BCUT2D eigenvalue weighted by Crippen LogP contribution is 2.46. The van der Waals surface area contributed by atoms with Gasteiger partial charge in [0, 0.05) is 61.1 Å². The van der Waals surface area contributed by atoms with Crippen LogP contribution in [0.2, 0.25) is 0 Å². The van der Waals surface area contributed by atoms with E-state index in [-0.39, 0.29) is 0 Å². The van der Waals surface area contributed by atoms with Crippen molar-refractivity contribution in [1.82, 2.24) is 29.1 Å². The zero-order valence-electron chi connectivity index (χ0n) is 36.9. The standard InChI is InChI=1S/C60H32N10/c61-33-37-17-22-51-45(28-37)46-29-38(34-62)18-23-52(46)69(51)55-26-21-43(60-67-58(41-10-3-1-4-11-41)66-59(68-60)42-12-5-2-6-13-42)32-49(55)57-44(50-15-7-8-27-65-50)14-9-16-56(57)70-53-24-19-39(35-63)30-47(53)48-31-40(36-64)20-25-54(48)70/h1-32H. The number of benzene rings is 8. The van der Waals surface area contributed by atoms with E-state index in [0.29, 0.717) is 39.7 Å². The Morgan fingerprint density at radius 2 is 0.786 bits per heavy atom. The smallest absolute Gasteiger partial charge is 0.164 e. The fourth-order valence-corrected chi connectivity index (χ4v) is 9.60. The third-order valence-corrected chi connectivity index (χ3v) is 12.7. The van der Waals surface area contributed by atoms with Gasteiger partial charge in [0.15, 0.2) is 17.5 Å². The maximum atomic E-state index is 10.1. The van der Waals surface area contributed by atoms with Crippen molar-refractivity contribution in [1.29, 1.82) is 21.0 Å². The minimum absolute atomic E-state index is 0.460. The van der Waals surface area contributed by atoms with Crippen LogP contribution in [-0.4, -0.2) is 29.1 Å². The van der Waals surface area contributed by atoms with E-state index in [2.05, 4.69) is 57.7 Å². The minimum atomic E-state index is 0.460. The molecule has 0 bridgehead atoms. The molecule has 70 heavy (non-hydrogen) atoms. The van der Waals surface area contributed by atoms with Crippen LogP contribution in [0.1, 0.15) is 22.3 Å². The molecular weight excluding hydrogens is 861 g/mol. The maximum absolute atomic E-state index is 10.1. The average Bonchev–Trinajstić information content (AvgIpc) is 3.94. The summed E-state index contributed by atoms with van der Waals surface area (Å²) in [7, 11) is 0. The topological polar surface area (TPSA) is 157 Å². The van der Waals surface area contributed by atoms with Gasteiger partial charge in [-0.25, -0.2) is 15.0 Å². The lowest BCUT2D eigenvalue weighted by Crippen LogP contribution is -2.05. The van der Waals surface area contributed by atoms with Crippen molar-refractivity contribution < 1.29 is 0 Å². The zero-order valence-corrected chi connectivity index (χ0v) is 36.9. The molecule has 0 aliphatic carbocycles. The summed E-state index contributed by atoms with van der Waals surface area (Å²) in [6.07, 6.45) is 1.78. The van der Waals surface area contributed by atoms with E-state index in [1.165, 1.54) is 0 Å². The van der Waals surface area contributed by atoms with E-state index >= 15 is 0 Å². The van der Waals surface area contributed by atoms with Crippen LogP contribution in [0.25, 0.3) is 112 Å². The molecule has 0 aliphatic rings. The number of hydrogen-bond acceptors (Lipinski definition) is 8. The first-order chi connectivity index (χ1) is 34.5. The normalized spacial score (nSPS) is 11.1. The van der Waals surface area contributed by atoms with E-state index in [4.69, 9.17) is 19.9 Å². The molecule has 12 aromatic rings. The first kappa shape index (κ1) is 40.9.